The second-order valence-corrected chi connectivity index (χ2v) is 8.06. The average Bonchev–Trinajstić information content (AvgIpc) is 3.33. The fourth-order valence-corrected chi connectivity index (χ4v) is 3.68. The number of carbonyl (C=O) groups excluding carboxylic acids is 2. The minimum Gasteiger partial charge on any atom is -0.394 e. The van der Waals surface area contributed by atoms with Gasteiger partial charge in [0.15, 0.2) is 17.4 Å². The number of anilines is 1. The van der Waals surface area contributed by atoms with Gasteiger partial charge in [-0.05, 0) is 0 Å². The number of fused-ring (bicyclic) bond motifs is 1. The lowest BCUT2D eigenvalue weighted by Gasteiger charge is -2.30. The van der Waals surface area contributed by atoms with Gasteiger partial charge in [-0.15, -0.1) is 0 Å². The van der Waals surface area contributed by atoms with Crippen molar-refractivity contribution in [2.75, 3.05) is 11.9 Å². The van der Waals surface area contributed by atoms with Gasteiger partial charge in [0.1, 0.15) is 12.2 Å². The van der Waals surface area contributed by atoms with Gasteiger partial charge < -0.3 is 20.1 Å². The van der Waals surface area contributed by atoms with E-state index in [1.54, 1.807) is 32.0 Å². The molecule has 0 unspecified atom stereocenters. The number of ketones is 1. The van der Waals surface area contributed by atoms with Crippen LogP contribution in [-0.4, -0.2) is 70.9 Å². The summed E-state index contributed by atoms with van der Waals surface area (Å²) in [7, 11) is 0. The quantitative estimate of drug-likeness (QED) is 0.307. The van der Waals surface area contributed by atoms with Crippen molar-refractivity contribution in [3.8, 4) is 0 Å². The number of H-pyrrole nitrogens is 1. The number of Topliss-reactive ketones (excluding diaryl/α,β-unsaturated/α-hetero) is 1. The van der Waals surface area contributed by atoms with Gasteiger partial charge in [0.05, 0.1) is 12.9 Å². The fraction of sp³-hybridized carbons (Fsp3) is 0.381. The van der Waals surface area contributed by atoms with Crippen LogP contribution in [0.4, 0.5) is 5.95 Å². The number of aliphatic hydroxyl groups excluding tert-OH is 2. The van der Waals surface area contributed by atoms with Crippen LogP contribution in [0.1, 0.15) is 30.4 Å². The van der Waals surface area contributed by atoms with E-state index in [-0.39, 0.29) is 28.6 Å². The van der Waals surface area contributed by atoms with Crippen LogP contribution in [0.2, 0.25) is 0 Å². The van der Waals surface area contributed by atoms with Crippen LogP contribution in [0, 0.1) is 5.92 Å². The van der Waals surface area contributed by atoms with E-state index in [1.165, 1.54) is 12.1 Å². The molecule has 0 aliphatic carbocycles. The van der Waals surface area contributed by atoms with Gasteiger partial charge in [-0.3, -0.25) is 29.3 Å². The number of ether oxygens (including phenoxy) is 1. The Morgan fingerprint density at radius 1 is 1.30 bits per heavy atom. The molecule has 1 aromatic carbocycles. The Hall–Kier alpha value is -3.45. The number of amides is 1. The van der Waals surface area contributed by atoms with Crippen LogP contribution in [-0.2, 0) is 9.53 Å². The predicted octanol–water partition coefficient (Wildman–Crippen LogP) is -0.421. The lowest BCUT2D eigenvalue weighted by atomic mass is 9.85. The summed E-state index contributed by atoms with van der Waals surface area (Å²) in [6.45, 7) is 2.64. The first kappa shape index (κ1) is 22.7. The summed E-state index contributed by atoms with van der Waals surface area (Å²) in [6.07, 6.45) is -3.54. The lowest BCUT2D eigenvalue weighted by Crippen LogP contribution is -2.53. The van der Waals surface area contributed by atoms with E-state index < -0.39 is 47.9 Å². The first-order valence-electron chi connectivity index (χ1n) is 10.2. The molecule has 4 atom stereocenters. The molecule has 1 saturated heterocycles. The number of imidazole rings is 1. The number of aromatic amines is 1. The molecule has 12 nitrogen and oxygen atoms in total. The van der Waals surface area contributed by atoms with Crippen molar-refractivity contribution in [3.05, 3.63) is 52.6 Å². The van der Waals surface area contributed by atoms with Crippen LogP contribution in [0.3, 0.4) is 0 Å². The second-order valence-electron chi connectivity index (χ2n) is 8.06. The number of aromatic nitrogens is 4. The van der Waals surface area contributed by atoms with Crippen molar-refractivity contribution >= 4 is 28.8 Å². The van der Waals surface area contributed by atoms with Gasteiger partial charge in [-0.2, -0.15) is 4.98 Å². The van der Waals surface area contributed by atoms with Gasteiger partial charge in [-0.25, -0.2) is 4.98 Å². The molecule has 0 radical (unpaired) electrons. The monoisotopic (exact) mass is 457 g/mol. The van der Waals surface area contributed by atoms with E-state index in [2.05, 4.69) is 20.3 Å². The Morgan fingerprint density at radius 3 is 2.64 bits per heavy atom. The van der Waals surface area contributed by atoms with Gasteiger partial charge in [-0.1, -0.05) is 44.2 Å². The molecule has 0 saturated carbocycles. The maximum atomic E-state index is 13.3. The van der Waals surface area contributed by atoms with E-state index in [9.17, 15) is 29.7 Å². The maximum Gasteiger partial charge on any atom is 0.280 e. The van der Waals surface area contributed by atoms with Crippen molar-refractivity contribution in [3.63, 3.8) is 0 Å². The molecule has 3 heterocycles. The summed E-state index contributed by atoms with van der Waals surface area (Å²) >= 11 is 0. The number of benzene rings is 1. The number of hydrogen-bond acceptors (Lipinski definition) is 9. The molecule has 1 aliphatic rings. The third-order valence-electron chi connectivity index (χ3n) is 5.51. The minimum absolute atomic E-state index is 0.103. The molecular formula is C21H23N5O7. The van der Waals surface area contributed by atoms with Crippen LogP contribution in [0.15, 0.2) is 41.5 Å². The van der Waals surface area contributed by atoms with Crippen molar-refractivity contribution in [1.29, 1.82) is 0 Å². The normalized spacial score (nSPS) is 25.0. The highest BCUT2D eigenvalue weighted by atomic mass is 16.6. The Morgan fingerprint density at radius 2 is 2.00 bits per heavy atom. The summed E-state index contributed by atoms with van der Waals surface area (Å²) in [5.41, 5.74) is -3.35. The number of aliphatic hydroxyl groups is 3. The third kappa shape index (κ3) is 3.72. The van der Waals surface area contributed by atoms with Crippen molar-refractivity contribution in [1.82, 2.24) is 19.5 Å². The molecule has 0 bridgehead atoms. The lowest BCUT2D eigenvalue weighted by molar-refractivity contribution is -0.118. The second kappa shape index (κ2) is 8.48. The van der Waals surface area contributed by atoms with E-state index in [1.807, 2.05) is 0 Å². The van der Waals surface area contributed by atoms with Crippen molar-refractivity contribution in [2.45, 2.75) is 37.9 Å². The maximum absolute atomic E-state index is 13.3. The summed E-state index contributed by atoms with van der Waals surface area (Å²) in [4.78, 5) is 48.4. The molecule has 1 amide bonds. The van der Waals surface area contributed by atoms with Gasteiger partial charge in [0.2, 0.25) is 23.2 Å². The molecule has 1 fully saturated rings. The topological polar surface area (TPSA) is 180 Å². The Balaban J connectivity index is 1.84. The summed E-state index contributed by atoms with van der Waals surface area (Å²) < 4.78 is 6.77. The molecule has 174 valence electrons. The zero-order valence-electron chi connectivity index (χ0n) is 17.8. The summed E-state index contributed by atoms with van der Waals surface area (Å²) in [5.74, 6) is -1.80. The van der Waals surface area contributed by atoms with E-state index >= 15 is 0 Å². The largest absolute Gasteiger partial charge is 0.394 e. The van der Waals surface area contributed by atoms with Crippen molar-refractivity contribution in [2.24, 2.45) is 5.92 Å². The average molecular weight is 457 g/mol. The van der Waals surface area contributed by atoms with E-state index in [4.69, 9.17) is 4.74 Å². The zero-order chi connectivity index (χ0) is 23.9. The Bertz CT molecular complexity index is 1250. The first-order valence-corrected chi connectivity index (χ1v) is 10.2. The smallest absolute Gasteiger partial charge is 0.280 e. The number of nitrogens with zero attached hydrogens (tertiary/aromatic N) is 3. The Labute approximate surface area is 186 Å². The molecule has 2 aromatic heterocycles. The summed E-state index contributed by atoms with van der Waals surface area (Å²) in [6, 6.07) is 7.79. The van der Waals surface area contributed by atoms with Crippen LogP contribution in [0.5, 0.6) is 0 Å². The SMILES string of the molecule is CC(C)C(=O)Nc1nc2c(ncn2[C@@H]2O[C@H](CO)[C@@H](O)[C@]2(O)C(=O)c2ccccc2)c(=O)[nH]1. The predicted molar refractivity (Wildman–Crippen MR) is 114 cm³/mol. The molecule has 4 rings (SSSR count). The zero-order valence-corrected chi connectivity index (χ0v) is 17.8. The molecule has 1 aliphatic heterocycles. The minimum atomic E-state index is -2.53. The highest BCUT2D eigenvalue weighted by Crippen LogP contribution is 2.41. The highest BCUT2D eigenvalue weighted by molar-refractivity contribution is 6.03. The number of rotatable bonds is 6. The van der Waals surface area contributed by atoms with E-state index in [0.717, 1.165) is 10.9 Å². The molecule has 0 spiro atoms. The number of hydrogen-bond donors (Lipinski definition) is 5. The van der Waals surface area contributed by atoms with Crippen LogP contribution < -0.4 is 10.9 Å². The Kier molecular flexibility index (Phi) is 5.84. The van der Waals surface area contributed by atoms with Gasteiger partial charge in [0, 0.05) is 11.5 Å². The van der Waals surface area contributed by atoms with Crippen LogP contribution >= 0.6 is 0 Å². The van der Waals surface area contributed by atoms with Crippen molar-refractivity contribution < 1.29 is 29.6 Å². The molecule has 33 heavy (non-hydrogen) atoms. The molecule has 3 aromatic rings. The molecule has 5 N–H and O–H groups in total. The standard InChI is InChI=1S/C21H23N5O7/c1-10(2)17(30)24-20-23-16-13(18(31)25-20)22-9-26(16)19-21(32,15(29)12(8-27)33-19)14(28)11-6-4-3-5-7-11/h3-7,9-10,12,15,19,27,29,32H,8H2,1-2H3,(H2,23,24,25,30,31)/t12-,15-,19-,21-/m1/s1. The van der Waals surface area contributed by atoms with E-state index in [0.29, 0.717) is 0 Å². The van der Waals surface area contributed by atoms with Crippen LogP contribution in [0.25, 0.3) is 11.2 Å². The molecular weight excluding hydrogens is 434 g/mol. The highest BCUT2D eigenvalue weighted by Gasteiger charge is 2.61. The van der Waals surface area contributed by atoms with Gasteiger partial charge >= 0.3 is 0 Å². The fourth-order valence-electron chi connectivity index (χ4n) is 3.68. The molecule has 12 heteroatoms. The summed E-state index contributed by atoms with van der Waals surface area (Å²) in [5, 5.41) is 34.3. The third-order valence-corrected chi connectivity index (χ3v) is 5.51. The van der Waals surface area contributed by atoms with Gasteiger partial charge in [0.25, 0.3) is 5.56 Å². The number of carbonyl (C=O) groups is 2. The number of nitrogens with one attached hydrogen (secondary N) is 2. The first-order chi connectivity index (χ1) is 15.7.